The van der Waals surface area contributed by atoms with Crippen LogP contribution in [0.1, 0.15) is 50.7 Å². The highest BCUT2D eigenvalue weighted by Gasteiger charge is 2.06. The van der Waals surface area contributed by atoms with Crippen molar-refractivity contribution in [1.82, 2.24) is 0 Å². The molecule has 0 aliphatic rings. The first kappa shape index (κ1) is 20.2. The fourth-order valence-corrected chi connectivity index (χ4v) is 3.89. The van der Waals surface area contributed by atoms with Crippen LogP contribution in [0.2, 0.25) is 0 Å². The molecule has 4 aromatic carbocycles. The third-order valence-electron chi connectivity index (χ3n) is 5.86. The van der Waals surface area contributed by atoms with Gasteiger partial charge in [0, 0.05) is 0 Å². The Bertz CT molecular complexity index is 1130. The van der Waals surface area contributed by atoms with E-state index in [-0.39, 0.29) is 0 Å². The van der Waals surface area contributed by atoms with Crippen molar-refractivity contribution in [3.8, 4) is 33.4 Å². The highest BCUT2D eigenvalue weighted by atomic mass is 14.1. The van der Waals surface area contributed by atoms with Crippen LogP contribution in [0, 0.1) is 0 Å². The lowest BCUT2D eigenvalue weighted by atomic mass is 9.94. The fraction of sp³-hybridized carbons (Fsp3) is 0.200. The molecule has 0 aliphatic carbocycles. The highest BCUT2D eigenvalue weighted by Crippen LogP contribution is 2.31. The Hall–Kier alpha value is -3.12. The molecule has 0 saturated carbocycles. The lowest BCUT2D eigenvalue weighted by Crippen LogP contribution is -1.88. The largest absolute Gasteiger partial charge is 0.0614 e. The third-order valence-corrected chi connectivity index (χ3v) is 5.86. The molecular weight excluding hydrogens is 360 g/mol. The van der Waals surface area contributed by atoms with E-state index in [0.29, 0.717) is 11.8 Å². The Balaban J connectivity index is 1.68. The van der Waals surface area contributed by atoms with Gasteiger partial charge in [0.05, 0.1) is 0 Å². The van der Waals surface area contributed by atoms with E-state index in [0.717, 1.165) is 0 Å². The lowest BCUT2D eigenvalue weighted by molar-refractivity contribution is 0.867. The fourth-order valence-electron chi connectivity index (χ4n) is 3.89. The zero-order chi connectivity index (χ0) is 21.1. The summed E-state index contributed by atoms with van der Waals surface area (Å²) in [4.78, 5) is 0. The quantitative estimate of drug-likeness (QED) is 0.319. The molecule has 0 amide bonds. The van der Waals surface area contributed by atoms with Crippen LogP contribution in [0.4, 0.5) is 0 Å². The van der Waals surface area contributed by atoms with E-state index in [9.17, 15) is 0 Å². The molecule has 0 unspecified atom stereocenters. The first-order valence-electron chi connectivity index (χ1n) is 10.9. The SMILES string of the molecule is CC(C)c1ccc(-c2cccc(-c3cccc(-c4cccc(C(C)C)c4)c3)c2)cc1. The molecular formula is C30H30. The molecule has 0 N–H and O–H groups in total. The summed E-state index contributed by atoms with van der Waals surface area (Å²) in [5, 5.41) is 0. The van der Waals surface area contributed by atoms with Gasteiger partial charge in [-0.3, -0.25) is 0 Å². The van der Waals surface area contributed by atoms with E-state index in [1.54, 1.807) is 0 Å². The average Bonchev–Trinajstić information content (AvgIpc) is 2.79. The summed E-state index contributed by atoms with van der Waals surface area (Å²) in [6, 6.07) is 35.6. The van der Waals surface area contributed by atoms with Gasteiger partial charge in [-0.25, -0.2) is 0 Å². The van der Waals surface area contributed by atoms with E-state index < -0.39 is 0 Å². The van der Waals surface area contributed by atoms with Gasteiger partial charge in [-0.05, 0) is 68.5 Å². The molecule has 0 atom stereocenters. The lowest BCUT2D eigenvalue weighted by Gasteiger charge is -2.11. The van der Waals surface area contributed by atoms with Gasteiger partial charge in [-0.15, -0.1) is 0 Å². The van der Waals surface area contributed by atoms with Crippen molar-refractivity contribution < 1.29 is 0 Å². The van der Waals surface area contributed by atoms with Crippen molar-refractivity contribution in [3.63, 3.8) is 0 Å². The van der Waals surface area contributed by atoms with Gasteiger partial charge in [0.15, 0.2) is 0 Å². The summed E-state index contributed by atoms with van der Waals surface area (Å²) in [7, 11) is 0. The Morgan fingerprint density at radius 3 is 1.23 bits per heavy atom. The van der Waals surface area contributed by atoms with Gasteiger partial charge in [0.1, 0.15) is 0 Å². The normalized spacial score (nSPS) is 11.3. The summed E-state index contributed by atoms with van der Waals surface area (Å²) in [6.07, 6.45) is 0. The zero-order valence-corrected chi connectivity index (χ0v) is 18.4. The van der Waals surface area contributed by atoms with Crippen LogP contribution in [0.5, 0.6) is 0 Å². The van der Waals surface area contributed by atoms with Gasteiger partial charge in [-0.1, -0.05) is 113 Å². The second-order valence-electron chi connectivity index (χ2n) is 8.72. The summed E-state index contributed by atoms with van der Waals surface area (Å²) in [5.74, 6) is 1.09. The van der Waals surface area contributed by atoms with Crippen molar-refractivity contribution in [2.75, 3.05) is 0 Å². The van der Waals surface area contributed by atoms with Crippen LogP contribution >= 0.6 is 0 Å². The minimum atomic E-state index is 0.534. The minimum absolute atomic E-state index is 0.534. The highest BCUT2D eigenvalue weighted by molar-refractivity contribution is 5.77. The second-order valence-corrected chi connectivity index (χ2v) is 8.72. The Labute approximate surface area is 181 Å². The topological polar surface area (TPSA) is 0 Å². The van der Waals surface area contributed by atoms with E-state index in [1.807, 2.05) is 0 Å². The van der Waals surface area contributed by atoms with Crippen molar-refractivity contribution >= 4 is 0 Å². The van der Waals surface area contributed by atoms with Crippen molar-refractivity contribution in [3.05, 3.63) is 108 Å². The predicted molar refractivity (Wildman–Crippen MR) is 131 cm³/mol. The summed E-state index contributed by atoms with van der Waals surface area (Å²) >= 11 is 0. The molecule has 0 aliphatic heterocycles. The molecule has 4 aromatic rings. The molecule has 0 aromatic heterocycles. The first-order valence-corrected chi connectivity index (χ1v) is 10.9. The molecule has 0 bridgehead atoms. The van der Waals surface area contributed by atoms with Gasteiger partial charge in [-0.2, -0.15) is 0 Å². The first-order chi connectivity index (χ1) is 14.5. The number of hydrogen-bond donors (Lipinski definition) is 0. The molecule has 0 nitrogen and oxygen atoms in total. The maximum Gasteiger partial charge on any atom is -0.0178 e. The number of benzene rings is 4. The molecule has 0 fully saturated rings. The van der Waals surface area contributed by atoms with E-state index >= 15 is 0 Å². The van der Waals surface area contributed by atoms with E-state index in [1.165, 1.54) is 44.5 Å². The van der Waals surface area contributed by atoms with Crippen LogP contribution in [0.25, 0.3) is 33.4 Å². The van der Waals surface area contributed by atoms with Crippen molar-refractivity contribution in [1.29, 1.82) is 0 Å². The van der Waals surface area contributed by atoms with Gasteiger partial charge < -0.3 is 0 Å². The zero-order valence-electron chi connectivity index (χ0n) is 18.4. The Morgan fingerprint density at radius 1 is 0.367 bits per heavy atom. The van der Waals surface area contributed by atoms with Crippen LogP contribution in [0.15, 0.2) is 97.1 Å². The summed E-state index contributed by atoms with van der Waals surface area (Å²) in [6.45, 7) is 8.96. The maximum absolute atomic E-state index is 2.32. The molecule has 0 heteroatoms. The third kappa shape index (κ3) is 4.39. The van der Waals surface area contributed by atoms with Crippen LogP contribution in [-0.4, -0.2) is 0 Å². The maximum atomic E-state index is 2.32. The van der Waals surface area contributed by atoms with Gasteiger partial charge in [0.25, 0.3) is 0 Å². The van der Waals surface area contributed by atoms with Gasteiger partial charge >= 0.3 is 0 Å². The van der Waals surface area contributed by atoms with Crippen molar-refractivity contribution in [2.24, 2.45) is 0 Å². The van der Waals surface area contributed by atoms with Crippen molar-refractivity contribution in [2.45, 2.75) is 39.5 Å². The summed E-state index contributed by atoms with van der Waals surface area (Å²) in [5.41, 5.74) is 10.3. The summed E-state index contributed by atoms with van der Waals surface area (Å²) < 4.78 is 0. The van der Waals surface area contributed by atoms with E-state index in [2.05, 4.69) is 125 Å². The van der Waals surface area contributed by atoms with Crippen LogP contribution in [-0.2, 0) is 0 Å². The van der Waals surface area contributed by atoms with Gasteiger partial charge in [0.2, 0.25) is 0 Å². The van der Waals surface area contributed by atoms with Crippen LogP contribution in [0.3, 0.4) is 0 Å². The van der Waals surface area contributed by atoms with E-state index in [4.69, 9.17) is 0 Å². The molecule has 0 spiro atoms. The van der Waals surface area contributed by atoms with Crippen LogP contribution < -0.4 is 0 Å². The monoisotopic (exact) mass is 390 g/mol. The minimum Gasteiger partial charge on any atom is -0.0614 e. The Kier molecular flexibility index (Phi) is 5.86. The molecule has 4 rings (SSSR count). The molecule has 30 heavy (non-hydrogen) atoms. The Morgan fingerprint density at radius 2 is 0.767 bits per heavy atom. The average molecular weight is 391 g/mol. The molecule has 0 heterocycles. The molecule has 0 saturated heterocycles. The standard InChI is InChI=1S/C30H30/c1-21(2)23-14-16-24(17-15-23)26-9-6-11-28(19-26)30-13-7-12-29(20-30)27-10-5-8-25(18-27)22(3)4/h5-22H,1-4H3. The molecule has 150 valence electrons. The number of rotatable bonds is 5. The second kappa shape index (κ2) is 8.71. The molecule has 0 radical (unpaired) electrons. The number of hydrogen-bond acceptors (Lipinski definition) is 0. The predicted octanol–water partition coefficient (Wildman–Crippen LogP) is 8.93. The smallest absolute Gasteiger partial charge is 0.0178 e.